The SMILES string of the molecule is Brc1cccc(CNCc2nccs2)c1. The zero-order valence-corrected chi connectivity index (χ0v) is 10.5. The fourth-order valence-electron chi connectivity index (χ4n) is 1.30. The molecule has 0 saturated heterocycles. The lowest BCUT2D eigenvalue weighted by atomic mass is 10.2. The average molecular weight is 283 g/mol. The third-order valence-corrected chi connectivity index (χ3v) is 3.25. The number of nitrogens with one attached hydrogen (secondary N) is 1. The van der Waals surface area contributed by atoms with Crippen molar-refractivity contribution in [2.45, 2.75) is 13.1 Å². The van der Waals surface area contributed by atoms with E-state index in [0.29, 0.717) is 0 Å². The molecule has 0 saturated carbocycles. The fraction of sp³-hybridized carbons (Fsp3) is 0.182. The van der Waals surface area contributed by atoms with Gasteiger partial charge in [-0.2, -0.15) is 0 Å². The molecular formula is C11H11BrN2S. The predicted molar refractivity (Wildman–Crippen MR) is 66.8 cm³/mol. The van der Waals surface area contributed by atoms with Gasteiger partial charge < -0.3 is 5.32 Å². The van der Waals surface area contributed by atoms with Crippen molar-refractivity contribution < 1.29 is 0 Å². The molecule has 0 fully saturated rings. The molecule has 0 bridgehead atoms. The van der Waals surface area contributed by atoms with Crippen molar-refractivity contribution in [2.75, 3.05) is 0 Å². The van der Waals surface area contributed by atoms with Gasteiger partial charge in [-0.1, -0.05) is 28.1 Å². The maximum atomic E-state index is 4.21. The fourth-order valence-corrected chi connectivity index (χ4v) is 2.33. The van der Waals surface area contributed by atoms with Gasteiger partial charge in [0.05, 0.1) is 0 Å². The summed E-state index contributed by atoms with van der Waals surface area (Å²) >= 11 is 5.13. The van der Waals surface area contributed by atoms with Gasteiger partial charge in [0.15, 0.2) is 0 Å². The van der Waals surface area contributed by atoms with Crippen LogP contribution in [0.5, 0.6) is 0 Å². The summed E-state index contributed by atoms with van der Waals surface area (Å²) in [4.78, 5) is 4.21. The number of rotatable bonds is 4. The lowest BCUT2D eigenvalue weighted by Gasteiger charge is -2.03. The van der Waals surface area contributed by atoms with Gasteiger partial charge in [0.2, 0.25) is 0 Å². The van der Waals surface area contributed by atoms with Crippen molar-refractivity contribution in [3.63, 3.8) is 0 Å². The molecule has 2 rings (SSSR count). The summed E-state index contributed by atoms with van der Waals surface area (Å²) in [6.45, 7) is 1.71. The van der Waals surface area contributed by atoms with Gasteiger partial charge in [0, 0.05) is 29.1 Å². The molecule has 1 N–H and O–H groups in total. The summed E-state index contributed by atoms with van der Waals surface area (Å²) in [5.74, 6) is 0. The van der Waals surface area contributed by atoms with Gasteiger partial charge >= 0.3 is 0 Å². The second-order valence-corrected chi connectivity index (χ2v) is 5.05. The Morgan fingerprint density at radius 3 is 3.00 bits per heavy atom. The molecule has 2 nitrogen and oxygen atoms in total. The van der Waals surface area contributed by atoms with Crippen LogP contribution in [-0.2, 0) is 13.1 Å². The first kappa shape index (κ1) is 10.8. The van der Waals surface area contributed by atoms with E-state index in [9.17, 15) is 0 Å². The van der Waals surface area contributed by atoms with Gasteiger partial charge in [0.1, 0.15) is 5.01 Å². The normalized spacial score (nSPS) is 10.5. The van der Waals surface area contributed by atoms with Crippen LogP contribution in [0, 0.1) is 0 Å². The Bertz CT molecular complexity index is 414. The molecule has 2 aromatic rings. The smallest absolute Gasteiger partial charge is 0.106 e. The lowest BCUT2D eigenvalue weighted by molar-refractivity contribution is 0.690. The van der Waals surface area contributed by atoms with E-state index < -0.39 is 0 Å². The average Bonchev–Trinajstić information content (AvgIpc) is 2.71. The summed E-state index contributed by atoms with van der Waals surface area (Å²) in [6.07, 6.45) is 1.83. The highest BCUT2D eigenvalue weighted by Crippen LogP contribution is 2.11. The zero-order valence-electron chi connectivity index (χ0n) is 8.11. The Morgan fingerprint density at radius 1 is 1.33 bits per heavy atom. The van der Waals surface area contributed by atoms with Crippen LogP contribution in [0.4, 0.5) is 0 Å². The van der Waals surface area contributed by atoms with E-state index in [1.165, 1.54) is 5.56 Å². The monoisotopic (exact) mass is 282 g/mol. The minimum atomic E-state index is 0.837. The molecule has 0 aliphatic heterocycles. The van der Waals surface area contributed by atoms with Gasteiger partial charge in [-0.15, -0.1) is 11.3 Å². The van der Waals surface area contributed by atoms with E-state index in [0.717, 1.165) is 22.6 Å². The summed E-state index contributed by atoms with van der Waals surface area (Å²) in [7, 11) is 0. The van der Waals surface area contributed by atoms with Crippen LogP contribution < -0.4 is 5.32 Å². The maximum Gasteiger partial charge on any atom is 0.106 e. The van der Waals surface area contributed by atoms with E-state index in [-0.39, 0.29) is 0 Å². The highest BCUT2D eigenvalue weighted by Gasteiger charge is 1.96. The van der Waals surface area contributed by atoms with E-state index in [2.05, 4.69) is 38.4 Å². The number of thiazole rings is 1. The van der Waals surface area contributed by atoms with E-state index >= 15 is 0 Å². The van der Waals surface area contributed by atoms with Crippen LogP contribution in [0.15, 0.2) is 40.3 Å². The van der Waals surface area contributed by atoms with E-state index in [1.807, 2.05) is 23.7 Å². The van der Waals surface area contributed by atoms with Crippen molar-refractivity contribution in [1.29, 1.82) is 0 Å². The van der Waals surface area contributed by atoms with Crippen molar-refractivity contribution in [3.8, 4) is 0 Å². The Kier molecular flexibility index (Phi) is 3.88. The number of halogens is 1. The topological polar surface area (TPSA) is 24.9 Å². The molecule has 0 spiro atoms. The molecule has 0 unspecified atom stereocenters. The van der Waals surface area contributed by atoms with Crippen LogP contribution in [0.25, 0.3) is 0 Å². The first-order chi connectivity index (χ1) is 7.34. The van der Waals surface area contributed by atoms with Crippen molar-refractivity contribution in [2.24, 2.45) is 0 Å². The molecule has 0 amide bonds. The first-order valence-electron chi connectivity index (χ1n) is 4.68. The molecule has 4 heteroatoms. The van der Waals surface area contributed by atoms with E-state index in [4.69, 9.17) is 0 Å². The van der Waals surface area contributed by atoms with Crippen molar-refractivity contribution in [1.82, 2.24) is 10.3 Å². The molecule has 0 atom stereocenters. The number of hydrogen-bond acceptors (Lipinski definition) is 3. The predicted octanol–water partition coefficient (Wildman–Crippen LogP) is 3.20. The Hall–Kier alpha value is -0.710. The minimum Gasteiger partial charge on any atom is -0.306 e. The van der Waals surface area contributed by atoms with E-state index in [1.54, 1.807) is 11.3 Å². The molecule has 0 aliphatic rings. The molecule has 1 heterocycles. The van der Waals surface area contributed by atoms with Crippen molar-refractivity contribution in [3.05, 3.63) is 50.9 Å². The van der Waals surface area contributed by atoms with Gasteiger partial charge in [0.25, 0.3) is 0 Å². The summed E-state index contributed by atoms with van der Waals surface area (Å²) in [5.41, 5.74) is 1.28. The van der Waals surface area contributed by atoms with Gasteiger partial charge in [-0.05, 0) is 17.7 Å². The minimum absolute atomic E-state index is 0.837. The third-order valence-electron chi connectivity index (χ3n) is 1.98. The molecule has 78 valence electrons. The number of benzene rings is 1. The molecular weight excluding hydrogens is 272 g/mol. The molecule has 0 radical (unpaired) electrons. The largest absolute Gasteiger partial charge is 0.306 e. The van der Waals surface area contributed by atoms with Gasteiger partial charge in [-0.3, -0.25) is 0 Å². The highest BCUT2D eigenvalue weighted by molar-refractivity contribution is 9.10. The number of nitrogens with zero attached hydrogens (tertiary/aromatic N) is 1. The summed E-state index contributed by atoms with van der Waals surface area (Å²) < 4.78 is 1.12. The van der Waals surface area contributed by atoms with Crippen molar-refractivity contribution >= 4 is 27.3 Å². The quantitative estimate of drug-likeness (QED) is 0.932. The maximum absolute atomic E-state index is 4.21. The molecule has 15 heavy (non-hydrogen) atoms. The molecule has 0 aliphatic carbocycles. The number of hydrogen-bond donors (Lipinski definition) is 1. The Morgan fingerprint density at radius 2 is 2.27 bits per heavy atom. The standard InChI is InChI=1S/C11H11BrN2S/c12-10-3-1-2-9(6-10)7-13-8-11-14-4-5-15-11/h1-6,13H,7-8H2. The zero-order chi connectivity index (χ0) is 10.5. The summed E-state index contributed by atoms with van der Waals surface area (Å²) in [5, 5.41) is 6.48. The number of aromatic nitrogens is 1. The Balaban J connectivity index is 1.83. The van der Waals surface area contributed by atoms with Crippen LogP contribution in [0.2, 0.25) is 0 Å². The summed E-state index contributed by atoms with van der Waals surface area (Å²) in [6, 6.07) is 8.31. The third kappa shape index (κ3) is 3.41. The van der Waals surface area contributed by atoms with Crippen LogP contribution in [0.3, 0.4) is 0 Å². The van der Waals surface area contributed by atoms with Crippen LogP contribution >= 0.6 is 27.3 Å². The van der Waals surface area contributed by atoms with Gasteiger partial charge in [-0.25, -0.2) is 4.98 Å². The molecule has 1 aromatic heterocycles. The first-order valence-corrected chi connectivity index (χ1v) is 6.35. The second-order valence-electron chi connectivity index (χ2n) is 3.16. The lowest BCUT2D eigenvalue weighted by Crippen LogP contribution is -2.12. The molecule has 1 aromatic carbocycles. The van der Waals surface area contributed by atoms with Crippen LogP contribution in [-0.4, -0.2) is 4.98 Å². The van der Waals surface area contributed by atoms with Crippen LogP contribution in [0.1, 0.15) is 10.6 Å². The highest BCUT2D eigenvalue weighted by atomic mass is 79.9. The second kappa shape index (κ2) is 5.39. The Labute approximate surface area is 101 Å².